The van der Waals surface area contributed by atoms with Gasteiger partial charge in [-0.2, -0.15) is 0 Å². The number of pyridine rings is 1. The zero-order valence-electron chi connectivity index (χ0n) is 16.3. The minimum Gasteiger partial charge on any atom is -0.368 e. The van der Waals surface area contributed by atoms with Crippen molar-refractivity contribution in [2.24, 2.45) is 0 Å². The van der Waals surface area contributed by atoms with Gasteiger partial charge >= 0.3 is 0 Å². The van der Waals surface area contributed by atoms with Gasteiger partial charge < -0.3 is 15.1 Å². The van der Waals surface area contributed by atoms with Crippen LogP contribution in [0.4, 0.5) is 21.6 Å². The first-order valence-corrected chi connectivity index (χ1v) is 9.68. The van der Waals surface area contributed by atoms with Gasteiger partial charge in [-0.25, -0.2) is 9.37 Å². The minimum absolute atomic E-state index is 0.279. The summed E-state index contributed by atoms with van der Waals surface area (Å²) in [4.78, 5) is 21.3. The maximum absolute atomic E-state index is 13.3. The lowest BCUT2D eigenvalue weighted by atomic mass is 10.2. The molecule has 1 saturated heterocycles. The Hall–Kier alpha value is -3.41. The summed E-state index contributed by atoms with van der Waals surface area (Å²) >= 11 is 0. The van der Waals surface area contributed by atoms with E-state index >= 15 is 0 Å². The van der Waals surface area contributed by atoms with Crippen molar-refractivity contribution in [3.63, 3.8) is 0 Å². The van der Waals surface area contributed by atoms with Gasteiger partial charge in [-0.05, 0) is 55.0 Å². The number of nitrogens with zero attached hydrogens (tertiary/aromatic N) is 3. The molecule has 1 aliphatic heterocycles. The number of carbonyl (C=O) groups excluding carboxylic acids is 1. The molecule has 0 atom stereocenters. The summed E-state index contributed by atoms with van der Waals surface area (Å²) in [6.07, 6.45) is 1.64. The summed E-state index contributed by atoms with van der Waals surface area (Å²) in [6.45, 7) is 5.75. The highest BCUT2D eigenvalue weighted by Crippen LogP contribution is 2.21. The van der Waals surface area contributed by atoms with Gasteiger partial charge in [-0.1, -0.05) is 18.2 Å². The second kappa shape index (κ2) is 8.31. The molecule has 1 N–H and O–H groups in total. The van der Waals surface area contributed by atoms with Crippen molar-refractivity contribution in [3.05, 3.63) is 83.8 Å². The van der Waals surface area contributed by atoms with Crippen LogP contribution in [0.25, 0.3) is 0 Å². The lowest BCUT2D eigenvalue weighted by molar-refractivity contribution is 0.102. The van der Waals surface area contributed by atoms with Crippen LogP contribution < -0.4 is 15.1 Å². The molecule has 2 heterocycles. The fourth-order valence-electron chi connectivity index (χ4n) is 3.50. The van der Waals surface area contributed by atoms with Crippen LogP contribution in [0.3, 0.4) is 0 Å². The predicted molar refractivity (Wildman–Crippen MR) is 114 cm³/mol. The van der Waals surface area contributed by atoms with Crippen LogP contribution in [0, 0.1) is 12.7 Å². The first kappa shape index (κ1) is 18.9. The van der Waals surface area contributed by atoms with Crippen molar-refractivity contribution < 1.29 is 9.18 Å². The Bertz CT molecular complexity index is 998. The van der Waals surface area contributed by atoms with E-state index in [1.807, 2.05) is 12.1 Å². The Morgan fingerprint density at radius 1 is 0.966 bits per heavy atom. The highest BCUT2D eigenvalue weighted by molar-refractivity contribution is 6.04. The molecule has 3 aromatic rings. The van der Waals surface area contributed by atoms with Crippen molar-refractivity contribution in [1.82, 2.24) is 4.98 Å². The Labute approximate surface area is 169 Å². The largest absolute Gasteiger partial charge is 0.368 e. The Morgan fingerprint density at radius 2 is 1.72 bits per heavy atom. The summed E-state index contributed by atoms with van der Waals surface area (Å²) < 4.78 is 13.3. The summed E-state index contributed by atoms with van der Waals surface area (Å²) in [7, 11) is 0. The molecule has 4 rings (SSSR count). The average molecular weight is 390 g/mol. The molecule has 0 bridgehead atoms. The molecule has 6 heteroatoms. The third-order valence-electron chi connectivity index (χ3n) is 5.06. The number of aryl methyl sites for hydroxylation is 1. The van der Waals surface area contributed by atoms with E-state index in [1.165, 1.54) is 29.4 Å². The number of nitrogens with one attached hydrogen (secondary N) is 1. The highest BCUT2D eigenvalue weighted by atomic mass is 19.1. The zero-order chi connectivity index (χ0) is 20.2. The van der Waals surface area contributed by atoms with Crippen LogP contribution in [0.5, 0.6) is 0 Å². The fraction of sp³-hybridized carbons (Fsp3) is 0.217. The molecule has 0 saturated carbocycles. The SMILES string of the molecule is Cc1cccc(N2CCN(c3ccc(NC(=O)c4cccc(F)c4)cn3)CC2)c1. The molecule has 29 heavy (non-hydrogen) atoms. The monoisotopic (exact) mass is 390 g/mol. The quantitative estimate of drug-likeness (QED) is 0.728. The minimum atomic E-state index is -0.434. The van der Waals surface area contributed by atoms with Gasteiger partial charge in [0.1, 0.15) is 11.6 Å². The molecular formula is C23H23FN4O. The first-order chi connectivity index (χ1) is 14.1. The van der Waals surface area contributed by atoms with Crippen LogP contribution in [-0.2, 0) is 0 Å². The Balaban J connectivity index is 1.35. The fourth-order valence-corrected chi connectivity index (χ4v) is 3.50. The number of carbonyl (C=O) groups is 1. The zero-order valence-corrected chi connectivity index (χ0v) is 16.3. The predicted octanol–water partition coefficient (Wildman–Crippen LogP) is 4.11. The molecule has 1 fully saturated rings. The lowest BCUT2D eigenvalue weighted by Crippen LogP contribution is -2.46. The van der Waals surface area contributed by atoms with Crippen molar-refractivity contribution in [2.45, 2.75) is 6.92 Å². The number of aromatic nitrogens is 1. The summed E-state index contributed by atoms with van der Waals surface area (Å²) in [5.74, 6) is 0.0967. The summed E-state index contributed by atoms with van der Waals surface area (Å²) in [6, 6.07) is 17.9. The molecule has 148 valence electrons. The van der Waals surface area contributed by atoms with E-state index in [-0.39, 0.29) is 11.5 Å². The van der Waals surface area contributed by atoms with Crippen molar-refractivity contribution in [3.8, 4) is 0 Å². The number of amides is 1. The van der Waals surface area contributed by atoms with E-state index < -0.39 is 5.82 Å². The maximum atomic E-state index is 13.3. The van der Waals surface area contributed by atoms with E-state index in [2.05, 4.69) is 51.3 Å². The molecule has 1 aliphatic rings. The van der Waals surface area contributed by atoms with E-state index in [0.717, 1.165) is 32.0 Å². The number of halogens is 1. The van der Waals surface area contributed by atoms with E-state index in [4.69, 9.17) is 0 Å². The molecular weight excluding hydrogens is 367 g/mol. The molecule has 2 aromatic carbocycles. The topological polar surface area (TPSA) is 48.5 Å². The van der Waals surface area contributed by atoms with Gasteiger partial charge in [0.15, 0.2) is 0 Å². The molecule has 0 unspecified atom stereocenters. The number of piperazine rings is 1. The first-order valence-electron chi connectivity index (χ1n) is 9.68. The van der Waals surface area contributed by atoms with Gasteiger partial charge in [0, 0.05) is 37.4 Å². The number of benzene rings is 2. The Morgan fingerprint density at radius 3 is 2.41 bits per heavy atom. The van der Waals surface area contributed by atoms with Crippen molar-refractivity contribution in [2.75, 3.05) is 41.3 Å². The standard InChI is InChI=1S/C23H23FN4O/c1-17-4-2-7-21(14-17)27-10-12-28(13-11-27)22-9-8-20(16-25-22)26-23(29)18-5-3-6-19(24)15-18/h2-9,14-16H,10-13H2,1H3,(H,26,29). The van der Waals surface area contributed by atoms with E-state index in [1.54, 1.807) is 12.3 Å². The van der Waals surface area contributed by atoms with Gasteiger partial charge in [0.2, 0.25) is 0 Å². The molecule has 0 radical (unpaired) electrons. The molecule has 1 amide bonds. The van der Waals surface area contributed by atoms with E-state index in [9.17, 15) is 9.18 Å². The summed E-state index contributed by atoms with van der Waals surface area (Å²) in [5, 5.41) is 2.75. The summed E-state index contributed by atoms with van der Waals surface area (Å²) in [5.41, 5.74) is 3.39. The third-order valence-corrected chi connectivity index (χ3v) is 5.06. The van der Waals surface area contributed by atoms with Crippen LogP contribution in [0.15, 0.2) is 66.9 Å². The lowest BCUT2D eigenvalue weighted by Gasteiger charge is -2.36. The highest BCUT2D eigenvalue weighted by Gasteiger charge is 2.18. The number of rotatable bonds is 4. The molecule has 1 aromatic heterocycles. The van der Waals surface area contributed by atoms with Gasteiger partial charge in [-0.3, -0.25) is 4.79 Å². The maximum Gasteiger partial charge on any atom is 0.255 e. The Kier molecular flexibility index (Phi) is 5.42. The number of hydrogen-bond acceptors (Lipinski definition) is 4. The second-order valence-electron chi connectivity index (χ2n) is 7.18. The van der Waals surface area contributed by atoms with Gasteiger partial charge in [0.25, 0.3) is 5.91 Å². The average Bonchev–Trinajstić information content (AvgIpc) is 2.74. The molecule has 0 spiro atoms. The van der Waals surface area contributed by atoms with Crippen LogP contribution in [-0.4, -0.2) is 37.1 Å². The van der Waals surface area contributed by atoms with Crippen molar-refractivity contribution in [1.29, 1.82) is 0 Å². The smallest absolute Gasteiger partial charge is 0.255 e. The number of hydrogen-bond donors (Lipinski definition) is 1. The van der Waals surface area contributed by atoms with Crippen LogP contribution >= 0.6 is 0 Å². The van der Waals surface area contributed by atoms with E-state index in [0.29, 0.717) is 5.69 Å². The van der Waals surface area contributed by atoms with Gasteiger partial charge in [0.05, 0.1) is 11.9 Å². The third kappa shape index (κ3) is 4.54. The normalized spacial score (nSPS) is 14.0. The second-order valence-corrected chi connectivity index (χ2v) is 7.18. The van der Waals surface area contributed by atoms with Crippen LogP contribution in [0.2, 0.25) is 0 Å². The van der Waals surface area contributed by atoms with Crippen molar-refractivity contribution >= 4 is 23.1 Å². The molecule has 0 aliphatic carbocycles. The molecule has 5 nitrogen and oxygen atoms in total. The van der Waals surface area contributed by atoms with Gasteiger partial charge in [-0.15, -0.1) is 0 Å². The van der Waals surface area contributed by atoms with Crippen LogP contribution in [0.1, 0.15) is 15.9 Å². The number of anilines is 3.